The van der Waals surface area contributed by atoms with Gasteiger partial charge in [0.2, 0.25) is 11.8 Å². The van der Waals surface area contributed by atoms with E-state index in [1.807, 2.05) is 0 Å². The quantitative estimate of drug-likeness (QED) is 0.326. The summed E-state index contributed by atoms with van der Waals surface area (Å²) in [5, 5.41) is 30.7. The van der Waals surface area contributed by atoms with Gasteiger partial charge in [0.1, 0.15) is 12.1 Å². The number of hydrogen-bond donors (Lipinski definition) is 5. The van der Waals surface area contributed by atoms with Crippen LogP contribution >= 0.6 is 0 Å². The van der Waals surface area contributed by atoms with E-state index in [1.54, 1.807) is 6.92 Å². The second-order valence-corrected chi connectivity index (χ2v) is 4.74. The van der Waals surface area contributed by atoms with E-state index in [0.717, 1.165) is 0 Å². The second-order valence-electron chi connectivity index (χ2n) is 4.74. The molecule has 0 aliphatic heterocycles. The van der Waals surface area contributed by atoms with Crippen molar-refractivity contribution in [2.45, 2.75) is 51.1 Å². The lowest BCUT2D eigenvalue weighted by molar-refractivity contribution is -0.144. The van der Waals surface area contributed by atoms with Crippen molar-refractivity contribution >= 4 is 29.7 Å². The van der Waals surface area contributed by atoms with Crippen LogP contribution in [-0.2, 0) is 24.0 Å². The molecule has 0 aromatic carbocycles. The third kappa shape index (κ3) is 9.06. The van der Waals surface area contributed by atoms with Gasteiger partial charge in [-0.25, -0.2) is 9.59 Å². The van der Waals surface area contributed by atoms with Crippen molar-refractivity contribution in [2.75, 3.05) is 0 Å². The minimum absolute atomic E-state index is 0.0895. The summed E-state index contributed by atoms with van der Waals surface area (Å²) in [5.74, 6) is -5.10. The lowest BCUT2D eigenvalue weighted by Crippen LogP contribution is -2.44. The van der Waals surface area contributed by atoms with Crippen LogP contribution in [0.15, 0.2) is 0 Å². The molecule has 2 amide bonds. The van der Waals surface area contributed by atoms with Gasteiger partial charge < -0.3 is 26.0 Å². The summed E-state index contributed by atoms with van der Waals surface area (Å²) in [6, 6.07) is -2.62. The number of rotatable bonds is 11. The summed E-state index contributed by atoms with van der Waals surface area (Å²) in [6.45, 7) is 1.54. The fourth-order valence-corrected chi connectivity index (χ4v) is 1.62. The SMILES string of the molecule is CCC(=O)N[C@@H](CCC(=O)N[C@@H](CCC(=O)O)C(=O)O)C(=O)O. The minimum atomic E-state index is -1.38. The molecule has 2 atom stereocenters. The fourth-order valence-electron chi connectivity index (χ4n) is 1.62. The van der Waals surface area contributed by atoms with Crippen LogP contribution in [0.3, 0.4) is 0 Å². The van der Waals surface area contributed by atoms with Gasteiger partial charge in [-0.05, 0) is 12.8 Å². The smallest absolute Gasteiger partial charge is 0.326 e. The molecule has 0 saturated heterocycles. The van der Waals surface area contributed by atoms with Crippen LogP contribution in [-0.4, -0.2) is 57.1 Å². The number of carboxylic acids is 3. The molecule has 130 valence electrons. The standard InChI is InChI=1S/C13H20N2O8/c1-2-9(16)14-7(12(20)21)3-5-10(17)15-8(13(22)23)4-6-11(18)19/h7-8H,2-6H2,1H3,(H,14,16)(H,15,17)(H,18,19)(H,20,21)(H,22,23)/t7-,8-/m0/s1. The van der Waals surface area contributed by atoms with Crippen LogP contribution in [0, 0.1) is 0 Å². The van der Waals surface area contributed by atoms with Gasteiger partial charge in [0.05, 0.1) is 0 Å². The largest absolute Gasteiger partial charge is 0.481 e. The molecule has 0 bridgehead atoms. The second kappa shape index (κ2) is 10.1. The fraction of sp³-hybridized carbons (Fsp3) is 0.615. The van der Waals surface area contributed by atoms with E-state index in [9.17, 15) is 24.0 Å². The van der Waals surface area contributed by atoms with Crippen LogP contribution in [0.5, 0.6) is 0 Å². The molecule has 0 aromatic rings. The van der Waals surface area contributed by atoms with E-state index < -0.39 is 48.2 Å². The number of carboxylic acid groups (broad SMARTS) is 3. The minimum Gasteiger partial charge on any atom is -0.481 e. The number of carbonyl (C=O) groups is 5. The molecule has 0 heterocycles. The maximum atomic E-state index is 11.7. The van der Waals surface area contributed by atoms with Crippen molar-refractivity contribution in [1.82, 2.24) is 10.6 Å². The van der Waals surface area contributed by atoms with E-state index >= 15 is 0 Å². The van der Waals surface area contributed by atoms with Gasteiger partial charge >= 0.3 is 17.9 Å². The van der Waals surface area contributed by atoms with E-state index in [0.29, 0.717) is 0 Å². The lowest BCUT2D eigenvalue weighted by Gasteiger charge is -2.16. The molecule has 10 nitrogen and oxygen atoms in total. The molecule has 0 fully saturated rings. The topological polar surface area (TPSA) is 170 Å². The normalized spacial score (nSPS) is 12.7. The molecular formula is C13H20N2O8. The van der Waals surface area contributed by atoms with Crippen molar-refractivity contribution in [3.05, 3.63) is 0 Å². The molecule has 23 heavy (non-hydrogen) atoms. The Balaban J connectivity index is 4.48. The zero-order chi connectivity index (χ0) is 18.0. The molecule has 0 aromatic heterocycles. The summed E-state index contributed by atoms with van der Waals surface area (Å²) in [7, 11) is 0. The van der Waals surface area contributed by atoms with Crippen LogP contribution < -0.4 is 10.6 Å². The number of hydrogen-bond acceptors (Lipinski definition) is 5. The maximum absolute atomic E-state index is 11.7. The van der Waals surface area contributed by atoms with Crippen molar-refractivity contribution < 1.29 is 39.3 Å². The summed E-state index contributed by atoms with van der Waals surface area (Å²) >= 11 is 0. The highest BCUT2D eigenvalue weighted by molar-refractivity contribution is 5.86. The lowest BCUT2D eigenvalue weighted by atomic mass is 10.1. The highest BCUT2D eigenvalue weighted by Gasteiger charge is 2.23. The molecule has 0 unspecified atom stereocenters. The molecular weight excluding hydrogens is 312 g/mol. The third-order valence-electron chi connectivity index (χ3n) is 2.89. The van der Waals surface area contributed by atoms with Gasteiger partial charge in [0, 0.05) is 19.3 Å². The summed E-state index contributed by atoms with van der Waals surface area (Å²) in [5.41, 5.74) is 0. The third-order valence-corrected chi connectivity index (χ3v) is 2.89. The summed E-state index contributed by atoms with van der Waals surface area (Å²) in [4.78, 5) is 55.1. The first-order chi connectivity index (χ1) is 10.7. The van der Waals surface area contributed by atoms with Crippen LogP contribution in [0.1, 0.15) is 39.0 Å². The first-order valence-corrected chi connectivity index (χ1v) is 6.93. The summed E-state index contributed by atoms with van der Waals surface area (Å²) < 4.78 is 0. The predicted molar refractivity (Wildman–Crippen MR) is 75.5 cm³/mol. The molecule has 0 saturated carbocycles. The van der Waals surface area contributed by atoms with Gasteiger partial charge in [-0.2, -0.15) is 0 Å². The maximum Gasteiger partial charge on any atom is 0.326 e. The predicted octanol–water partition coefficient (Wildman–Crippen LogP) is -0.820. The molecule has 0 rings (SSSR count). The van der Waals surface area contributed by atoms with Gasteiger partial charge in [-0.3, -0.25) is 14.4 Å². The van der Waals surface area contributed by atoms with Crippen molar-refractivity contribution in [1.29, 1.82) is 0 Å². The number of nitrogens with one attached hydrogen (secondary N) is 2. The average Bonchev–Trinajstić information content (AvgIpc) is 2.46. The number of carbonyl (C=O) groups excluding carboxylic acids is 2. The molecule has 5 N–H and O–H groups in total. The van der Waals surface area contributed by atoms with Gasteiger partial charge in [0.25, 0.3) is 0 Å². The first-order valence-electron chi connectivity index (χ1n) is 6.93. The summed E-state index contributed by atoms with van der Waals surface area (Å²) in [6.07, 6.45) is -1.16. The van der Waals surface area contributed by atoms with Gasteiger partial charge in [-0.1, -0.05) is 6.92 Å². The van der Waals surface area contributed by atoms with Crippen LogP contribution in [0.25, 0.3) is 0 Å². The Hall–Kier alpha value is -2.65. The van der Waals surface area contributed by atoms with Crippen molar-refractivity contribution in [3.8, 4) is 0 Å². The average molecular weight is 332 g/mol. The van der Waals surface area contributed by atoms with E-state index in [-0.39, 0.29) is 25.7 Å². The molecule has 0 aliphatic rings. The highest BCUT2D eigenvalue weighted by Crippen LogP contribution is 2.02. The Morgan fingerprint density at radius 1 is 0.783 bits per heavy atom. The molecule has 0 aliphatic carbocycles. The first kappa shape index (κ1) is 20.3. The zero-order valence-corrected chi connectivity index (χ0v) is 12.6. The number of aliphatic carboxylic acids is 3. The monoisotopic (exact) mass is 332 g/mol. The van der Waals surface area contributed by atoms with Gasteiger partial charge in [0.15, 0.2) is 0 Å². The van der Waals surface area contributed by atoms with E-state index in [4.69, 9.17) is 15.3 Å². The van der Waals surface area contributed by atoms with Crippen molar-refractivity contribution in [3.63, 3.8) is 0 Å². The van der Waals surface area contributed by atoms with E-state index in [2.05, 4.69) is 10.6 Å². The number of amides is 2. The molecule has 10 heteroatoms. The zero-order valence-electron chi connectivity index (χ0n) is 12.6. The molecule has 0 radical (unpaired) electrons. The van der Waals surface area contributed by atoms with Gasteiger partial charge in [-0.15, -0.1) is 0 Å². The van der Waals surface area contributed by atoms with Crippen LogP contribution in [0.2, 0.25) is 0 Å². The Morgan fingerprint density at radius 3 is 1.61 bits per heavy atom. The Labute approximate surface area is 131 Å². The van der Waals surface area contributed by atoms with E-state index in [1.165, 1.54) is 0 Å². The van der Waals surface area contributed by atoms with Crippen molar-refractivity contribution in [2.24, 2.45) is 0 Å². The Morgan fingerprint density at radius 2 is 1.22 bits per heavy atom. The Bertz CT molecular complexity index is 477. The van der Waals surface area contributed by atoms with Crippen LogP contribution in [0.4, 0.5) is 0 Å². The highest BCUT2D eigenvalue weighted by atomic mass is 16.4. The Kier molecular flexibility index (Phi) is 8.97. The molecule has 0 spiro atoms.